The Morgan fingerprint density at radius 3 is 2.39 bits per heavy atom. The zero-order chi connectivity index (χ0) is 13.7. The number of aliphatic hydroxyl groups excluding tert-OH is 1. The molecule has 2 rings (SSSR count). The molecule has 0 aromatic carbocycles. The molecule has 2 bridgehead atoms. The highest BCUT2D eigenvalue weighted by Crippen LogP contribution is 2.43. The highest BCUT2D eigenvalue weighted by atomic mass is 16.6. The van der Waals surface area contributed by atoms with Crippen molar-refractivity contribution in [1.82, 2.24) is 4.90 Å². The molecule has 1 heterocycles. The van der Waals surface area contributed by atoms with Crippen LogP contribution in [0.1, 0.15) is 40.5 Å². The summed E-state index contributed by atoms with van der Waals surface area (Å²) in [5.74, 6) is -0.202. The number of hydrogen-bond donors (Lipinski definition) is 1. The monoisotopic (exact) mass is 255 g/mol. The van der Waals surface area contributed by atoms with Crippen LogP contribution >= 0.6 is 0 Å². The maximum absolute atomic E-state index is 12.1. The lowest BCUT2D eigenvalue weighted by Gasteiger charge is -2.36. The molecule has 1 amide bonds. The highest BCUT2D eigenvalue weighted by molar-refractivity contribution is 5.87. The van der Waals surface area contributed by atoms with Gasteiger partial charge in [0, 0.05) is 12.0 Å². The fourth-order valence-corrected chi connectivity index (χ4v) is 3.10. The zero-order valence-electron chi connectivity index (χ0n) is 11.3. The van der Waals surface area contributed by atoms with Crippen molar-refractivity contribution in [2.75, 3.05) is 0 Å². The van der Waals surface area contributed by atoms with Crippen LogP contribution in [0.4, 0.5) is 4.79 Å². The standard InChI is InChI=1S/C13H21NO4/c1-7(15)11-9-5-8(6-10(9)16)14(11)12(17)18-13(2,3)4/h8-11,16H,5-6H2,1-4H3/t8-,9+,10+,11+/m0/s1. The Hall–Kier alpha value is -1.10. The van der Waals surface area contributed by atoms with Gasteiger partial charge in [0.2, 0.25) is 0 Å². The fraction of sp³-hybridized carbons (Fsp3) is 0.846. The van der Waals surface area contributed by atoms with E-state index in [0.717, 1.165) is 0 Å². The molecule has 1 aliphatic heterocycles. The van der Waals surface area contributed by atoms with Crippen LogP contribution < -0.4 is 0 Å². The summed E-state index contributed by atoms with van der Waals surface area (Å²) in [4.78, 5) is 25.4. The number of carbonyl (C=O) groups excluding carboxylic acids is 2. The lowest BCUT2D eigenvalue weighted by molar-refractivity contribution is -0.125. The van der Waals surface area contributed by atoms with Crippen LogP contribution in [-0.2, 0) is 9.53 Å². The number of amides is 1. The summed E-state index contributed by atoms with van der Waals surface area (Å²) in [6.07, 6.45) is 0.336. The van der Waals surface area contributed by atoms with E-state index in [1.807, 2.05) is 0 Å². The molecule has 1 saturated carbocycles. The lowest BCUT2D eigenvalue weighted by atomic mass is 9.93. The van der Waals surface area contributed by atoms with Gasteiger partial charge < -0.3 is 9.84 Å². The first-order chi connectivity index (χ1) is 8.20. The molecule has 2 aliphatic rings. The van der Waals surface area contributed by atoms with Gasteiger partial charge in [-0.25, -0.2) is 4.79 Å². The Bertz CT molecular complexity index is 374. The third-order valence-electron chi connectivity index (χ3n) is 3.67. The quantitative estimate of drug-likeness (QED) is 0.767. The Kier molecular flexibility index (Phi) is 3.13. The predicted octanol–water partition coefficient (Wildman–Crippen LogP) is 1.33. The van der Waals surface area contributed by atoms with Crippen molar-refractivity contribution in [3.8, 4) is 0 Å². The second kappa shape index (κ2) is 4.23. The first-order valence-corrected chi connectivity index (χ1v) is 6.40. The van der Waals surface area contributed by atoms with Gasteiger partial charge in [-0.2, -0.15) is 0 Å². The minimum atomic E-state index is -0.571. The number of piperidine rings is 1. The van der Waals surface area contributed by atoms with E-state index in [1.165, 1.54) is 11.8 Å². The molecule has 5 nitrogen and oxygen atoms in total. The highest BCUT2D eigenvalue weighted by Gasteiger charge is 2.55. The Morgan fingerprint density at radius 1 is 1.28 bits per heavy atom. The van der Waals surface area contributed by atoms with E-state index in [1.54, 1.807) is 20.8 Å². The SMILES string of the molecule is CC(=O)[C@@H]1[C@@H]2C[C@@H](C[C@H]2O)N1C(=O)OC(C)(C)C. The predicted molar refractivity (Wildman–Crippen MR) is 65.1 cm³/mol. The van der Waals surface area contributed by atoms with E-state index in [4.69, 9.17) is 4.74 Å². The van der Waals surface area contributed by atoms with Crippen molar-refractivity contribution in [1.29, 1.82) is 0 Å². The van der Waals surface area contributed by atoms with Gasteiger partial charge in [-0.1, -0.05) is 0 Å². The van der Waals surface area contributed by atoms with Crippen molar-refractivity contribution in [2.24, 2.45) is 5.92 Å². The molecule has 18 heavy (non-hydrogen) atoms. The topological polar surface area (TPSA) is 66.8 Å². The number of aliphatic hydroxyl groups is 1. The Morgan fingerprint density at radius 2 is 1.89 bits per heavy atom. The molecule has 4 atom stereocenters. The van der Waals surface area contributed by atoms with E-state index in [2.05, 4.69) is 0 Å². The summed E-state index contributed by atoms with van der Waals surface area (Å²) in [6.45, 7) is 6.88. The summed E-state index contributed by atoms with van der Waals surface area (Å²) >= 11 is 0. The molecule has 0 aromatic heterocycles. The molecule has 1 aliphatic carbocycles. The number of hydrogen-bond acceptors (Lipinski definition) is 4. The van der Waals surface area contributed by atoms with Gasteiger partial charge in [0.25, 0.3) is 0 Å². The molecular weight excluding hydrogens is 234 g/mol. The van der Waals surface area contributed by atoms with Crippen LogP contribution in [0.5, 0.6) is 0 Å². The molecular formula is C13H21NO4. The van der Waals surface area contributed by atoms with Gasteiger partial charge in [-0.05, 0) is 40.5 Å². The van der Waals surface area contributed by atoms with Crippen molar-refractivity contribution in [3.63, 3.8) is 0 Å². The normalized spacial score (nSPS) is 34.8. The summed E-state index contributed by atoms with van der Waals surface area (Å²) in [6, 6.07) is -0.581. The molecule has 1 N–H and O–H groups in total. The van der Waals surface area contributed by atoms with Gasteiger partial charge in [-0.15, -0.1) is 0 Å². The van der Waals surface area contributed by atoms with Crippen LogP contribution in [0.2, 0.25) is 0 Å². The molecule has 102 valence electrons. The van der Waals surface area contributed by atoms with Crippen LogP contribution in [0.25, 0.3) is 0 Å². The van der Waals surface area contributed by atoms with E-state index in [0.29, 0.717) is 12.8 Å². The van der Waals surface area contributed by atoms with Gasteiger partial charge >= 0.3 is 6.09 Å². The maximum Gasteiger partial charge on any atom is 0.411 e. The first kappa shape index (κ1) is 13.3. The van der Waals surface area contributed by atoms with Gasteiger partial charge in [0.05, 0.1) is 12.1 Å². The van der Waals surface area contributed by atoms with E-state index in [-0.39, 0.29) is 17.7 Å². The summed E-state index contributed by atoms with van der Waals surface area (Å²) < 4.78 is 5.34. The summed E-state index contributed by atoms with van der Waals surface area (Å²) in [5.41, 5.74) is -0.571. The lowest BCUT2D eigenvalue weighted by Crippen LogP contribution is -2.53. The number of Topliss-reactive ketones (excluding diaryl/α,β-unsaturated/α-hetero) is 1. The number of nitrogens with zero attached hydrogens (tertiary/aromatic N) is 1. The summed E-state index contributed by atoms with van der Waals surface area (Å²) in [7, 11) is 0. The van der Waals surface area contributed by atoms with Crippen LogP contribution in [0.15, 0.2) is 0 Å². The van der Waals surface area contributed by atoms with E-state index >= 15 is 0 Å². The second-order valence-corrected chi connectivity index (χ2v) is 6.30. The number of carbonyl (C=O) groups is 2. The minimum Gasteiger partial charge on any atom is -0.444 e. The Balaban J connectivity index is 2.17. The number of fused-ring (bicyclic) bond motifs is 2. The smallest absolute Gasteiger partial charge is 0.411 e. The van der Waals surface area contributed by atoms with Crippen LogP contribution in [0, 0.1) is 5.92 Å². The average molecular weight is 255 g/mol. The molecule has 0 radical (unpaired) electrons. The second-order valence-electron chi connectivity index (χ2n) is 6.30. The number of rotatable bonds is 1. The van der Waals surface area contributed by atoms with Crippen molar-refractivity contribution in [2.45, 2.75) is 64.3 Å². The molecule has 0 aromatic rings. The minimum absolute atomic E-state index is 0.0613. The van der Waals surface area contributed by atoms with E-state index < -0.39 is 23.8 Å². The zero-order valence-corrected chi connectivity index (χ0v) is 11.3. The molecule has 1 saturated heterocycles. The largest absolute Gasteiger partial charge is 0.444 e. The average Bonchev–Trinajstić information content (AvgIpc) is 2.69. The van der Waals surface area contributed by atoms with Crippen LogP contribution in [-0.4, -0.2) is 45.7 Å². The van der Waals surface area contributed by atoms with Crippen molar-refractivity contribution >= 4 is 11.9 Å². The molecule has 5 heteroatoms. The van der Waals surface area contributed by atoms with Gasteiger partial charge in [0.1, 0.15) is 5.60 Å². The third kappa shape index (κ3) is 2.23. The molecule has 0 unspecified atom stereocenters. The summed E-state index contributed by atoms with van der Waals surface area (Å²) in [5, 5.41) is 9.84. The molecule has 2 fully saturated rings. The van der Waals surface area contributed by atoms with Crippen LogP contribution in [0.3, 0.4) is 0 Å². The number of ether oxygens (including phenoxy) is 1. The van der Waals surface area contributed by atoms with Gasteiger partial charge in [-0.3, -0.25) is 9.69 Å². The first-order valence-electron chi connectivity index (χ1n) is 6.40. The van der Waals surface area contributed by atoms with E-state index in [9.17, 15) is 14.7 Å². The fourth-order valence-electron chi connectivity index (χ4n) is 3.10. The number of ketones is 1. The molecule has 0 spiro atoms. The Labute approximate surface area is 107 Å². The third-order valence-corrected chi connectivity index (χ3v) is 3.67. The van der Waals surface area contributed by atoms with Crippen molar-refractivity contribution < 1.29 is 19.4 Å². The van der Waals surface area contributed by atoms with Gasteiger partial charge in [0.15, 0.2) is 5.78 Å². The maximum atomic E-state index is 12.1. The van der Waals surface area contributed by atoms with Crippen molar-refractivity contribution in [3.05, 3.63) is 0 Å². The number of likely N-dealkylation sites (tertiary alicyclic amines) is 1.